The maximum absolute atomic E-state index is 12.5. The van der Waals surface area contributed by atoms with Gasteiger partial charge in [0.15, 0.2) is 5.96 Å². The molecule has 150 valence electrons. The second-order valence-electron chi connectivity index (χ2n) is 7.32. The first-order valence-electron chi connectivity index (χ1n) is 10.2. The highest BCUT2D eigenvalue weighted by Crippen LogP contribution is 2.19. The third kappa shape index (κ3) is 6.66. The molecular weight excluding hydrogens is 451 g/mol. The Hall–Kier alpha value is -1.31. The Labute approximate surface area is 180 Å². The van der Waals surface area contributed by atoms with E-state index in [-0.39, 0.29) is 29.9 Å². The van der Waals surface area contributed by atoms with Crippen LogP contribution in [0, 0.1) is 0 Å². The molecule has 1 aliphatic heterocycles. The molecule has 1 heterocycles. The van der Waals surface area contributed by atoms with Gasteiger partial charge in [0.05, 0.1) is 0 Å². The van der Waals surface area contributed by atoms with Gasteiger partial charge in [-0.3, -0.25) is 9.79 Å². The van der Waals surface area contributed by atoms with E-state index in [9.17, 15) is 4.79 Å². The molecule has 0 radical (unpaired) electrons. The Bertz CT molecular complexity index is 628. The quantitative estimate of drug-likeness (QED) is 0.282. The minimum atomic E-state index is 0. The molecule has 3 rings (SSSR count). The summed E-state index contributed by atoms with van der Waals surface area (Å²) < 4.78 is 0. The largest absolute Gasteiger partial charge is 0.357 e. The summed E-state index contributed by atoms with van der Waals surface area (Å²) in [4.78, 5) is 19.2. The fourth-order valence-electron chi connectivity index (χ4n) is 3.87. The summed E-state index contributed by atoms with van der Waals surface area (Å²) in [5.74, 6) is 1.15. The third-order valence-electron chi connectivity index (χ3n) is 5.34. The van der Waals surface area contributed by atoms with Crippen LogP contribution >= 0.6 is 24.0 Å². The number of amides is 1. The summed E-state index contributed by atoms with van der Waals surface area (Å²) in [7, 11) is 0. The second kappa shape index (κ2) is 11.5. The van der Waals surface area contributed by atoms with E-state index in [1.807, 2.05) is 4.90 Å². The van der Waals surface area contributed by atoms with Gasteiger partial charge in [0.25, 0.3) is 0 Å². The van der Waals surface area contributed by atoms with Crippen molar-refractivity contribution in [1.82, 2.24) is 15.5 Å². The lowest BCUT2D eigenvalue weighted by Crippen LogP contribution is -2.42. The molecule has 1 saturated carbocycles. The van der Waals surface area contributed by atoms with Gasteiger partial charge in [0, 0.05) is 38.6 Å². The zero-order valence-corrected chi connectivity index (χ0v) is 18.7. The van der Waals surface area contributed by atoms with Crippen LogP contribution < -0.4 is 10.6 Å². The van der Waals surface area contributed by atoms with Gasteiger partial charge in [-0.15, -0.1) is 24.0 Å². The predicted molar refractivity (Wildman–Crippen MR) is 122 cm³/mol. The van der Waals surface area contributed by atoms with Crippen molar-refractivity contribution in [3.8, 4) is 0 Å². The Morgan fingerprint density at radius 1 is 1.22 bits per heavy atom. The van der Waals surface area contributed by atoms with Gasteiger partial charge in [-0.05, 0) is 43.7 Å². The van der Waals surface area contributed by atoms with E-state index in [0.29, 0.717) is 19.0 Å². The molecule has 1 aromatic carbocycles. The fourth-order valence-corrected chi connectivity index (χ4v) is 3.87. The molecule has 27 heavy (non-hydrogen) atoms. The predicted octanol–water partition coefficient (Wildman–Crippen LogP) is 3.47. The smallest absolute Gasteiger partial charge is 0.222 e. The molecule has 0 spiro atoms. The van der Waals surface area contributed by atoms with Crippen LogP contribution in [0.25, 0.3) is 0 Å². The minimum Gasteiger partial charge on any atom is -0.357 e. The van der Waals surface area contributed by atoms with Crippen molar-refractivity contribution in [2.45, 2.75) is 64.5 Å². The number of rotatable bonds is 6. The van der Waals surface area contributed by atoms with Crippen molar-refractivity contribution in [1.29, 1.82) is 0 Å². The highest BCUT2D eigenvalue weighted by Gasteiger charge is 2.20. The second-order valence-corrected chi connectivity index (χ2v) is 7.32. The fraction of sp³-hybridized carbons (Fsp3) is 0.619. The lowest BCUT2D eigenvalue weighted by molar-refractivity contribution is -0.132. The van der Waals surface area contributed by atoms with E-state index in [1.54, 1.807) is 0 Å². The average molecular weight is 484 g/mol. The van der Waals surface area contributed by atoms with Crippen molar-refractivity contribution >= 4 is 35.8 Å². The first-order valence-corrected chi connectivity index (χ1v) is 10.2. The van der Waals surface area contributed by atoms with Gasteiger partial charge in [0.2, 0.25) is 5.91 Å². The minimum absolute atomic E-state index is 0. The van der Waals surface area contributed by atoms with Crippen LogP contribution in [0.2, 0.25) is 0 Å². The summed E-state index contributed by atoms with van der Waals surface area (Å²) in [5, 5.41) is 6.84. The SMILES string of the molecule is CCNC(=NCCCC(=O)N1CCc2ccccc2C1)NC1CCCC1.I. The van der Waals surface area contributed by atoms with Gasteiger partial charge in [0.1, 0.15) is 0 Å². The monoisotopic (exact) mass is 484 g/mol. The summed E-state index contributed by atoms with van der Waals surface area (Å²) in [5.41, 5.74) is 2.68. The van der Waals surface area contributed by atoms with E-state index >= 15 is 0 Å². The van der Waals surface area contributed by atoms with Gasteiger partial charge in [-0.25, -0.2) is 0 Å². The van der Waals surface area contributed by atoms with Crippen molar-refractivity contribution in [3.63, 3.8) is 0 Å². The molecule has 0 aromatic heterocycles. The lowest BCUT2D eigenvalue weighted by Gasteiger charge is -2.28. The van der Waals surface area contributed by atoms with Crippen LogP contribution in [-0.4, -0.2) is 42.4 Å². The zero-order chi connectivity index (χ0) is 18.2. The number of nitrogens with one attached hydrogen (secondary N) is 2. The summed E-state index contributed by atoms with van der Waals surface area (Å²) in [6, 6.07) is 9.00. The molecule has 0 saturated heterocycles. The standard InChI is InChI=1S/C21H32N4O.HI/c1-2-22-21(24-19-10-5-6-11-19)23-14-7-12-20(26)25-15-13-17-8-3-4-9-18(17)16-25;/h3-4,8-9,19H,2,5-7,10-16H2,1H3,(H2,22,23,24);1H. The summed E-state index contributed by atoms with van der Waals surface area (Å²) >= 11 is 0. The van der Waals surface area contributed by atoms with Crippen LogP contribution in [0.5, 0.6) is 0 Å². The number of carbonyl (C=O) groups is 1. The molecule has 1 fully saturated rings. The Morgan fingerprint density at radius 2 is 1.96 bits per heavy atom. The number of hydrogen-bond donors (Lipinski definition) is 2. The zero-order valence-electron chi connectivity index (χ0n) is 16.4. The molecule has 0 atom stereocenters. The Kier molecular flexibility index (Phi) is 9.38. The van der Waals surface area contributed by atoms with Crippen LogP contribution in [0.3, 0.4) is 0 Å². The molecule has 1 aromatic rings. The molecule has 0 unspecified atom stereocenters. The van der Waals surface area contributed by atoms with Crippen LogP contribution in [0.15, 0.2) is 29.3 Å². The molecular formula is C21H33IN4O. The number of hydrogen-bond acceptors (Lipinski definition) is 2. The van der Waals surface area contributed by atoms with Gasteiger partial charge in [-0.1, -0.05) is 37.1 Å². The first kappa shape index (κ1) is 22.0. The number of fused-ring (bicyclic) bond motifs is 1. The van der Waals surface area contributed by atoms with Crippen molar-refractivity contribution in [2.24, 2.45) is 4.99 Å². The maximum atomic E-state index is 12.5. The van der Waals surface area contributed by atoms with E-state index < -0.39 is 0 Å². The molecule has 5 nitrogen and oxygen atoms in total. The van der Waals surface area contributed by atoms with Gasteiger partial charge < -0.3 is 15.5 Å². The number of carbonyl (C=O) groups excluding carboxylic acids is 1. The third-order valence-corrected chi connectivity index (χ3v) is 5.34. The molecule has 0 bridgehead atoms. The molecule has 2 aliphatic rings. The topological polar surface area (TPSA) is 56.7 Å². The molecule has 2 N–H and O–H groups in total. The van der Waals surface area contributed by atoms with Crippen LogP contribution in [0.1, 0.15) is 56.6 Å². The first-order chi connectivity index (χ1) is 12.8. The average Bonchev–Trinajstić information content (AvgIpc) is 3.17. The van der Waals surface area contributed by atoms with Gasteiger partial charge in [-0.2, -0.15) is 0 Å². The van der Waals surface area contributed by atoms with Crippen LogP contribution in [-0.2, 0) is 17.8 Å². The van der Waals surface area contributed by atoms with Crippen LogP contribution in [0.4, 0.5) is 0 Å². The van der Waals surface area contributed by atoms with Crippen molar-refractivity contribution in [3.05, 3.63) is 35.4 Å². The summed E-state index contributed by atoms with van der Waals surface area (Å²) in [6.45, 7) is 5.24. The number of aliphatic imine (C=N–C) groups is 1. The summed E-state index contributed by atoms with van der Waals surface area (Å²) in [6.07, 6.45) is 7.44. The van der Waals surface area contributed by atoms with E-state index in [4.69, 9.17) is 0 Å². The molecule has 1 amide bonds. The van der Waals surface area contributed by atoms with Gasteiger partial charge >= 0.3 is 0 Å². The Balaban J connectivity index is 0.00000261. The number of nitrogens with zero attached hydrogens (tertiary/aromatic N) is 2. The normalized spacial score (nSPS) is 17.2. The molecule has 1 aliphatic carbocycles. The number of benzene rings is 1. The van der Waals surface area contributed by atoms with E-state index in [0.717, 1.165) is 38.4 Å². The van der Waals surface area contributed by atoms with E-state index in [1.165, 1.54) is 36.8 Å². The highest BCUT2D eigenvalue weighted by atomic mass is 127. The number of halogens is 1. The van der Waals surface area contributed by atoms with Crippen molar-refractivity contribution < 1.29 is 4.79 Å². The molecule has 6 heteroatoms. The Morgan fingerprint density at radius 3 is 2.70 bits per heavy atom. The van der Waals surface area contributed by atoms with E-state index in [2.05, 4.69) is 46.8 Å². The lowest BCUT2D eigenvalue weighted by atomic mass is 9.99. The number of guanidine groups is 1. The maximum Gasteiger partial charge on any atom is 0.222 e. The highest BCUT2D eigenvalue weighted by molar-refractivity contribution is 14.0. The van der Waals surface area contributed by atoms with Crippen molar-refractivity contribution in [2.75, 3.05) is 19.6 Å².